The van der Waals surface area contributed by atoms with Gasteiger partial charge in [-0.15, -0.1) is 0 Å². The average molecular weight is 345 g/mol. The largest absolute Gasteiger partial charge is 0.300 e. The van der Waals surface area contributed by atoms with E-state index in [1.165, 1.54) is 42.1 Å². The van der Waals surface area contributed by atoms with E-state index in [-0.39, 0.29) is 0 Å². The minimum absolute atomic E-state index is 1.00. The Morgan fingerprint density at radius 2 is 1.79 bits per heavy atom. The standard InChI is InChI=1S/C19H28N4S/c1-16-4-5-19(12-17(16)2)23-15-18(13-20-23)14-22-8-6-21(7-9-22)10-11-24-3/h4-5,12-13,15H,6-11,14H2,1-3H3. The van der Waals surface area contributed by atoms with E-state index in [4.69, 9.17) is 0 Å². The monoisotopic (exact) mass is 344 g/mol. The Hall–Kier alpha value is -1.30. The van der Waals surface area contributed by atoms with Crippen LogP contribution in [0, 0.1) is 13.8 Å². The van der Waals surface area contributed by atoms with Gasteiger partial charge in [-0.25, -0.2) is 4.68 Å². The van der Waals surface area contributed by atoms with Crippen molar-refractivity contribution >= 4 is 11.8 Å². The number of hydrogen-bond acceptors (Lipinski definition) is 4. The Kier molecular flexibility index (Phi) is 5.98. The molecule has 2 aromatic rings. The van der Waals surface area contributed by atoms with Crippen molar-refractivity contribution in [1.29, 1.82) is 0 Å². The van der Waals surface area contributed by atoms with Crippen LogP contribution >= 0.6 is 11.8 Å². The average Bonchev–Trinajstić information content (AvgIpc) is 3.05. The third-order valence-electron chi connectivity index (χ3n) is 4.87. The molecule has 24 heavy (non-hydrogen) atoms. The maximum atomic E-state index is 4.56. The summed E-state index contributed by atoms with van der Waals surface area (Å²) < 4.78 is 2.00. The van der Waals surface area contributed by atoms with Gasteiger partial charge in [0.2, 0.25) is 0 Å². The number of hydrogen-bond donors (Lipinski definition) is 0. The molecule has 0 unspecified atom stereocenters. The molecule has 0 saturated carbocycles. The first kappa shape index (κ1) is 17.5. The van der Waals surface area contributed by atoms with Crippen LogP contribution in [0.25, 0.3) is 5.69 Å². The predicted molar refractivity (Wildman–Crippen MR) is 103 cm³/mol. The summed E-state index contributed by atoms with van der Waals surface area (Å²) in [5.74, 6) is 1.24. The van der Waals surface area contributed by atoms with Crippen molar-refractivity contribution in [2.75, 3.05) is 44.7 Å². The maximum absolute atomic E-state index is 4.56. The molecule has 3 rings (SSSR count). The van der Waals surface area contributed by atoms with E-state index in [1.54, 1.807) is 0 Å². The van der Waals surface area contributed by atoms with Crippen molar-refractivity contribution in [3.63, 3.8) is 0 Å². The van der Waals surface area contributed by atoms with Crippen molar-refractivity contribution in [3.8, 4) is 5.69 Å². The minimum atomic E-state index is 1.00. The normalized spacial score (nSPS) is 16.6. The zero-order valence-corrected chi connectivity index (χ0v) is 15.9. The number of rotatable bonds is 6. The Balaban J connectivity index is 1.56. The highest BCUT2D eigenvalue weighted by Crippen LogP contribution is 2.15. The number of piperazine rings is 1. The van der Waals surface area contributed by atoms with Crippen LogP contribution < -0.4 is 0 Å². The summed E-state index contributed by atoms with van der Waals surface area (Å²) >= 11 is 1.93. The Labute approximate surface area is 149 Å². The Morgan fingerprint density at radius 1 is 1.04 bits per heavy atom. The molecule has 1 fully saturated rings. The summed E-state index contributed by atoms with van der Waals surface area (Å²) in [6.07, 6.45) is 6.36. The molecule has 1 aromatic heterocycles. The molecule has 0 atom stereocenters. The molecular formula is C19H28N4S. The molecule has 0 N–H and O–H groups in total. The van der Waals surface area contributed by atoms with Crippen molar-refractivity contribution in [2.24, 2.45) is 0 Å². The van der Waals surface area contributed by atoms with Gasteiger partial charge < -0.3 is 0 Å². The van der Waals surface area contributed by atoms with Gasteiger partial charge in [0.25, 0.3) is 0 Å². The van der Waals surface area contributed by atoms with Crippen LogP contribution in [0.4, 0.5) is 0 Å². The number of benzene rings is 1. The zero-order chi connectivity index (χ0) is 16.9. The molecule has 1 aliphatic rings. The Morgan fingerprint density at radius 3 is 2.50 bits per heavy atom. The number of aryl methyl sites for hydroxylation is 2. The lowest BCUT2D eigenvalue weighted by atomic mass is 10.1. The van der Waals surface area contributed by atoms with Gasteiger partial charge in [-0.05, 0) is 43.4 Å². The highest BCUT2D eigenvalue weighted by atomic mass is 32.2. The molecule has 2 heterocycles. The summed E-state index contributed by atoms with van der Waals surface area (Å²) in [4.78, 5) is 5.11. The van der Waals surface area contributed by atoms with Gasteiger partial charge in [0, 0.05) is 56.8 Å². The molecule has 130 valence electrons. The summed E-state index contributed by atoms with van der Waals surface area (Å²) in [6.45, 7) is 11.2. The first-order chi connectivity index (χ1) is 11.7. The lowest BCUT2D eigenvalue weighted by molar-refractivity contribution is 0.133. The number of aromatic nitrogens is 2. The van der Waals surface area contributed by atoms with E-state index in [1.807, 2.05) is 22.6 Å². The van der Waals surface area contributed by atoms with E-state index in [9.17, 15) is 0 Å². The molecular weight excluding hydrogens is 316 g/mol. The summed E-state index contributed by atoms with van der Waals surface area (Å²) in [7, 11) is 0. The summed E-state index contributed by atoms with van der Waals surface area (Å²) in [5, 5.41) is 4.56. The quantitative estimate of drug-likeness (QED) is 0.804. The second-order valence-electron chi connectivity index (χ2n) is 6.67. The molecule has 0 radical (unpaired) electrons. The SMILES string of the molecule is CSCCN1CCN(Cc2cnn(-c3ccc(C)c(C)c3)c2)CC1. The van der Waals surface area contributed by atoms with E-state index in [2.05, 4.69) is 59.4 Å². The van der Waals surface area contributed by atoms with E-state index >= 15 is 0 Å². The predicted octanol–water partition coefficient (Wildman–Crippen LogP) is 2.97. The highest BCUT2D eigenvalue weighted by molar-refractivity contribution is 7.98. The molecule has 0 amide bonds. The Bertz CT molecular complexity index is 659. The highest BCUT2D eigenvalue weighted by Gasteiger charge is 2.17. The van der Waals surface area contributed by atoms with Crippen molar-refractivity contribution in [1.82, 2.24) is 19.6 Å². The third-order valence-corrected chi connectivity index (χ3v) is 5.46. The lowest BCUT2D eigenvalue weighted by Crippen LogP contribution is -2.46. The van der Waals surface area contributed by atoms with Crippen molar-refractivity contribution in [3.05, 3.63) is 47.3 Å². The fourth-order valence-electron chi connectivity index (χ4n) is 3.10. The number of nitrogens with zero attached hydrogens (tertiary/aromatic N) is 4. The molecule has 0 aliphatic carbocycles. The second kappa shape index (κ2) is 8.19. The fraction of sp³-hybridized carbons (Fsp3) is 0.526. The molecule has 1 saturated heterocycles. The summed E-state index contributed by atoms with van der Waals surface area (Å²) in [6, 6.07) is 6.51. The minimum Gasteiger partial charge on any atom is -0.300 e. The van der Waals surface area contributed by atoms with E-state index < -0.39 is 0 Å². The van der Waals surface area contributed by atoms with Crippen LogP contribution in [0.1, 0.15) is 16.7 Å². The fourth-order valence-corrected chi connectivity index (χ4v) is 3.54. The molecule has 4 nitrogen and oxygen atoms in total. The van der Waals surface area contributed by atoms with Crippen molar-refractivity contribution < 1.29 is 0 Å². The lowest BCUT2D eigenvalue weighted by Gasteiger charge is -2.34. The van der Waals surface area contributed by atoms with Gasteiger partial charge >= 0.3 is 0 Å². The third kappa shape index (κ3) is 4.41. The molecule has 0 bridgehead atoms. The van der Waals surface area contributed by atoms with Crippen LogP contribution in [-0.4, -0.2) is 64.3 Å². The van der Waals surface area contributed by atoms with Crippen LogP contribution in [-0.2, 0) is 6.54 Å². The van der Waals surface area contributed by atoms with Gasteiger partial charge in [-0.1, -0.05) is 6.07 Å². The first-order valence-electron chi connectivity index (χ1n) is 8.70. The molecule has 0 spiro atoms. The topological polar surface area (TPSA) is 24.3 Å². The van der Waals surface area contributed by atoms with Gasteiger partial charge in [0.15, 0.2) is 0 Å². The summed E-state index contributed by atoms with van der Waals surface area (Å²) in [5.41, 5.74) is 5.08. The van der Waals surface area contributed by atoms with Crippen LogP contribution in [0.3, 0.4) is 0 Å². The van der Waals surface area contributed by atoms with Crippen LogP contribution in [0.15, 0.2) is 30.6 Å². The van der Waals surface area contributed by atoms with Gasteiger partial charge in [-0.2, -0.15) is 16.9 Å². The molecule has 1 aromatic carbocycles. The van der Waals surface area contributed by atoms with Crippen LogP contribution in [0.5, 0.6) is 0 Å². The van der Waals surface area contributed by atoms with Gasteiger partial charge in [-0.3, -0.25) is 9.80 Å². The number of thioether (sulfide) groups is 1. The van der Waals surface area contributed by atoms with Gasteiger partial charge in [0.1, 0.15) is 0 Å². The van der Waals surface area contributed by atoms with E-state index in [0.717, 1.165) is 25.3 Å². The van der Waals surface area contributed by atoms with Crippen molar-refractivity contribution in [2.45, 2.75) is 20.4 Å². The smallest absolute Gasteiger partial charge is 0.0648 e. The van der Waals surface area contributed by atoms with E-state index in [0.29, 0.717) is 0 Å². The first-order valence-corrected chi connectivity index (χ1v) is 10.1. The molecule has 1 aliphatic heterocycles. The zero-order valence-electron chi connectivity index (χ0n) is 15.0. The van der Waals surface area contributed by atoms with Crippen LogP contribution in [0.2, 0.25) is 0 Å². The second-order valence-corrected chi connectivity index (χ2v) is 7.66. The maximum Gasteiger partial charge on any atom is 0.0648 e. The molecule has 5 heteroatoms. The van der Waals surface area contributed by atoms with Gasteiger partial charge in [0.05, 0.1) is 11.9 Å².